The van der Waals surface area contributed by atoms with Crippen LogP contribution in [0, 0.1) is 5.92 Å². The molecule has 0 heterocycles. The van der Waals surface area contributed by atoms with Crippen LogP contribution >= 0.6 is 0 Å². The SMILES string of the molecule is O=C(NCCNC(=O)c1ccc(OC2CCC(C(=O)O)CC2)cc1)c1ccc(Oc2ccccc2)cc1. The van der Waals surface area contributed by atoms with Crippen molar-refractivity contribution in [3.8, 4) is 17.2 Å². The number of para-hydroxylation sites is 1. The number of carboxylic acid groups (broad SMARTS) is 1. The monoisotopic (exact) mass is 502 g/mol. The average Bonchev–Trinajstić information content (AvgIpc) is 2.92. The number of carboxylic acids is 1. The van der Waals surface area contributed by atoms with Crippen molar-refractivity contribution in [2.45, 2.75) is 31.8 Å². The number of aliphatic carboxylic acids is 1. The molecule has 0 spiro atoms. The predicted molar refractivity (Wildman–Crippen MR) is 138 cm³/mol. The number of amides is 2. The first kappa shape index (κ1) is 25.8. The minimum atomic E-state index is -0.739. The Balaban J connectivity index is 1.16. The molecule has 4 rings (SSSR count). The maximum absolute atomic E-state index is 12.4. The van der Waals surface area contributed by atoms with Gasteiger partial charge in [0.2, 0.25) is 0 Å². The van der Waals surface area contributed by atoms with Gasteiger partial charge in [-0.2, -0.15) is 0 Å². The summed E-state index contributed by atoms with van der Waals surface area (Å²) >= 11 is 0. The predicted octanol–water partition coefficient (Wildman–Crippen LogP) is 4.66. The van der Waals surface area contributed by atoms with E-state index >= 15 is 0 Å². The van der Waals surface area contributed by atoms with Crippen molar-refractivity contribution >= 4 is 17.8 Å². The third-order valence-corrected chi connectivity index (χ3v) is 6.23. The van der Waals surface area contributed by atoms with Crippen molar-refractivity contribution in [1.82, 2.24) is 10.6 Å². The Hall–Kier alpha value is -4.33. The van der Waals surface area contributed by atoms with E-state index in [1.54, 1.807) is 48.5 Å². The van der Waals surface area contributed by atoms with Crippen molar-refractivity contribution in [3.05, 3.63) is 90.0 Å². The number of benzene rings is 3. The number of carbonyl (C=O) groups excluding carboxylic acids is 2. The summed E-state index contributed by atoms with van der Waals surface area (Å²) in [6.07, 6.45) is 2.63. The maximum Gasteiger partial charge on any atom is 0.306 e. The normalized spacial score (nSPS) is 16.9. The standard InChI is InChI=1S/C29H30N2O6/c32-27(20-6-12-24(13-7-20)36-23-4-2-1-3-5-23)30-18-19-31-28(33)21-8-14-25(15-9-21)37-26-16-10-22(11-17-26)29(34)35/h1-9,12-15,22,26H,10-11,16-19H2,(H,30,32)(H,31,33)(H,34,35). The summed E-state index contributed by atoms with van der Waals surface area (Å²) in [5, 5.41) is 14.7. The van der Waals surface area contributed by atoms with E-state index in [1.165, 1.54) is 0 Å². The van der Waals surface area contributed by atoms with Crippen LogP contribution in [0.1, 0.15) is 46.4 Å². The Morgan fingerprint density at radius 2 is 1.16 bits per heavy atom. The Morgan fingerprint density at radius 1 is 0.676 bits per heavy atom. The third kappa shape index (κ3) is 7.57. The van der Waals surface area contributed by atoms with Gasteiger partial charge in [-0.15, -0.1) is 0 Å². The zero-order valence-corrected chi connectivity index (χ0v) is 20.4. The number of carbonyl (C=O) groups is 3. The van der Waals surface area contributed by atoms with Crippen LogP contribution in [-0.4, -0.2) is 42.1 Å². The molecule has 0 aliphatic heterocycles. The summed E-state index contributed by atoms with van der Waals surface area (Å²) in [5.41, 5.74) is 0.987. The molecule has 3 aromatic rings. The molecule has 1 saturated carbocycles. The van der Waals surface area contributed by atoms with Gasteiger partial charge in [0.05, 0.1) is 12.0 Å². The Labute approximate surface area is 215 Å². The smallest absolute Gasteiger partial charge is 0.306 e. The van der Waals surface area contributed by atoms with Gasteiger partial charge in [0.1, 0.15) is 17.2 Å². The van der Waals surface area contributed by atoms with Crippen LogP contribution in [0.25, 0.3) is 0 Å². The van der Waals surface area contributed by atoms with Crippen LogP contribution in [0.2, 0.25) is 0 Å². The molecular weight excluding hydrogens is 472 g/mol. The van der Waals surface area contributed by atoms with E-state index in [1.807, 2.05) is 30.3 Å². The molecule has 37 heavy (non-hydrogen) atoms. The lowest BCUT2D eigenvalue weighted by molar-refractivity contribution is -0.143. The molecule has 3 aromatic carbocycles. The Morgan fingerprint density at radius 3 is 1.68 bits per heavy atom. The highest BCUT2D eigenvalue weighted by Gasteiger charge is 2.26. The van der Waals surface area contributed by atoms with Crippen molar-refractivity contribution < 1.29 is 29.0 Å². The van der Waals surface area contributed by atoms with Crippen LogP contribution in [0.4, 0.5) is 0 Å². The molecule has 0 unspecified atom stereocenters. The average molecular weight is 503 g/mol. The quantitative estimate of drug-likeness (QED) is 0.348. The van der Waals surface area contributed by atoms with Gasteiger partial charge in [-0.3, -0.25) is 14.4 Å². The number of ether oxygens (including phenoxy) is 2. The minimum Gasteiger partial charge on any atom is -0.490 e. The number of rotatable bonds is 10. The van der Waals surface area contributed by atoms with Gasteiger partial charge < -0.3 is 25.2 Å². The Kier molecular flexibility index (Phi) is 8.75. The summed E-state index contributed by atoms with van der Waals surface area (Å²) in [5.74, 6) is 0.509. The molecule has 0 aromatic heterocycles. The van der Waals surface area contributed by atoms with E-state index in [-0.39, 0.29) is 36.9 Å². The first-order chi connectivity index (χ1) is 18.0. The molecule has 0 atom stereocenters. The molecule has 0 bridgehead atoms. The van der Waals surface area contributed by atoms with E-state index in [0.29, 0.717) is 48.3 Å². The molecule has 0 saturated heterocycles. The highest BCUT2D eigenvalue weighted by molar-refractivity contribution is 5.95. The second-order valence-electron chi connectivity index (χ2n) is 8.91. The lowest BCUT2D eigenvalue weighted by Gasteiger charge is -2.26. The molecule has 8 nitrogen and oxygen atoms in total. The zero-order chi connectivity index (χ0) is 26.0. The van der Waals surface area contributed by atoms with Gasteiger partial charge >= 0.3 is 5.97 Å². The van der Waals surface area contributed by atoms with E-state index in [2.05, 4.69) is 10.6 Å². The first-order valence-corrected chi connectivity index (χ1v) is 12.4. The highest BCUT2D eigenvalue weighted by Crippen LogP contribution is 2.28. The minimum absolute atomic E-state index is 0.00789. The summed E-state index contributed by atoms with van der Waals surface area (Å²) in [6.45, 7) is 0.567. The fraction of sp³-hybridized carbons (Fsp3) is 0.276. The van der Waals surface area contributed by atoms with Crippen molar-refractivity contribution in [3.63, 3.8) is 0 Å². The molecule has 1 aliphatic carbocycles. The van der Waals surface area contributed by atoms with E-state index < -0.39 is 5.97 Å². The molecule has 3 N–H and O–H groups in total. The summed E-state index contributed by atoms with van der Waals surface area (Å²) in [7, 11) is 0. The first-order valence-electron chi connectivity index (χ1n) is 12.4. The van der Waals surface area contributed by atoms with Crippen LogP contribution in [0.15, 0.2) is 78.9 Å². The largest absolute Gasteiger partial charge is 0.490 e. The van der Waals surface area contributed by atoms with Crippen LogP contribution < -0.4 is 20.1 Å². The fourth-order valence-electron chi connectivity index (χ4n) is 4.16. The van der Waals surface area contributed by atoms with Crippen molar-refractivity contribution in [2.75, 3.05) is 13.1 Å². The van der Waals surface area contributed by atoms with Gasteiger partial charge in [0.15, 0.2) is 0 Å². The van der Waals surface area contributed by atoms with Crippen LogP contribution in [-0.2, 0) is 4.79 Å². The Bertz CT molecular complexity index is 1190. The molecule has 8 heteroatoms. The van der Waals surface area contributed by atoms with Crippen LogP contribution in [0.3, 0.4) is 0 Å². The molecular formula is C29H30N2O6. The molecule has 1 fully saturated rings. The maximum atomic E-state index is 12.4. The summed E-state index contributed by atoms with van der Waals surface area (Å²) in [6, 6.07) is 23.1. The molecule has 2 amide bonds. The topological polar surface area (TPSA) is 114 Å². The van der Waals surface area contributed by atoms with Gasteiger partial charge in [-0.25, -0.2) is 0 Å². The molecule has 1 aliphatic rings. The second kappa shape index (κ2) is 12.6. The van der Waals surface area contributed by atoms with Crippen LogP contribution in [0.5, 0.6) is 17.2 Å². The second-order valence-corrected chi connectivity index (χ2v) is 8.91. The van der Waals surface area contributed by atoms with E-state index in [9.17, 15) is 14.4 Å². The summed E-state index contributed by atoms with van der Waals surface area (Å²) in [4.78, 5) is 35.9. The number of hydrogen-bond acceptors (Lipinski definition) is 5. The third-order valence-electron chi connectivity index (χ3n) is 6.23. The highest BCUT2D eigenvalue weighted by atomic mass is 16.5. The number of hydrogen-bond donors (Lipinski definition) is 3. The lowest BCUT2D eigenvalue weighted by atomic mass is 9.87. The van der Waals surface area contributed by atoms with Gasteiger partial charge in [-0.1, -0.05) is 18.2 Å². The van der Waals surface area contributed by atoms with Gasteiger partial charge in [0.25, 0.3) is 11.8 Å². The van der Waals surface area contributed by atoms with Gasteiger partial charge in [0, 0.05) is 24.2 Å². The lowest BCUT2D eigenvalue weighted by Crippen LogP contribution is -2.34. The molecule has 192 valence electrons. The summed E-state index contributed by atoms with van der Waals surface area (Å²) < 4.78 is 11.7. The van der Waals surface area contributed by atoms with Crippen molar-refractivity contribution in [1.29, 1.82) is 0 Å². The van der Waals surface area contributed by atoms with E-state index in [4.69, 9.17) is 14.6 Å². The van der Waals surface area contributed by atoms with Crippen molar-refractivity contribution in [2.24, 2.45) is 5.92 Å². The fourth-order valence-corrected chi connectivity index (χ4v) is 4.16. The number of nitrogens with one attached hydrogen (secondary N) is 2. The van der Waals surface area contributed by atoms with Gasteiger partial charge in [-0.05, 0) is 86.3 Å². The zero-order valence-electron chi connectivity index (χ0n) is 20.4. The molecule has 0 radical (unpaired) electrons. The van der Waals surface area contributed by atoms with E-state index in [0.717, 1.165) is 5.75 Å².